The Bertz CT molecular complexity index is 1100. The lowest BCUT2D eigenvalue weighted by atomic mass is 10.2. The van der Waals surface area contributed by atoms with E-state index in [9.17, 15) is 8.42 Å². The highest BCUT2D eigenvalue weighted by Crippen LogP contribution is 2.23. The quantitative estimate of drug-likeness (QED) is 0.441. The lowest BCUT2D eigenvalue weighted by Crippen LogP contribution is -2.34. The van der Waals surface area contributed by atoms with E-state index in [2.05, 4.69) is 39.6 Å². The Hall–Kier alpha value is -1.90. The van der Waals surface area contributed by atoms with Gasteiger partial charge < -0.3 is 4.74 Å². The van der Waals surface area contributed by atoms with Crippen LogP contribution in [-0.4, -0.2) is 33.0 Å². The molecule has 1 N–H and O–H groups in total. The van der Waals surface area contributed by atoms with Crippen LogP contribution in [0.3, 0.4) is 0 Å². The summed E-state index contributed by atoms with van der Waals surface area (Å²) < 4.78 is 33.8. The molecule has 0 aliphatic heterocycles. The summed E-state index contributed by atoms with van der Waals surface area (Å²) in [4.78, 5) is 2.43. The van der Waals surface area contributed by atoms with Crippen molar-refractivity contribution in [1.82, 2.24) is 9.62 Å². The number of nitrogens with one attached hydrogen (secondary N) is 1. The third-order valence-corrected chi connectivity index (χ3v) is 7.50. The maximum absolute atomic E-state index is 12.6. The van der Waals surface area contributed by atoms with Crippen molar-refractivity contribution in [2.45, 2.75) is 37.9 Å². The maximum Gasteiger partial charge on any atom is 0.241 e. The van der Waals surface area contributed by atoms with Gasteiger partial charge in [-0.25, -0.2) is 13.1 Å². The van der Waals surface area contributed by atoms with E-state index in [1.54, 1.807) is 36.5 Å². The van der Waals surface area contributed by atoms with Gasteiger partial charge in [0.05, 0.1) is 4.90 Å². The summed E-state index contributed by atoms with van der Waals surface area (Å²) in [6, 6.07) is 14.9. The molecule has 0 fully saturated rings. The molecule has 2 aromatic carbocycles. The van der Waals surface area contributed by atoms with E-state index < -0.39 is 10.0 Å². The average molecular weight is 479 g/mol. The van der Waals surface area contributed by atoms with Crippen molar-refractivity contribution in [3.63, 3.8) is 0 Å². The molecule has 166 valence electrons. The van der Waals surface area contributed by atoms with E-state index in [1.807, 2.05) is 25.1 Å². The molecule has 0 aliphatic rings. The standard InChI is InChI=1S/C23H27ClN2O3S2/c1-17(13-25-31(27,28)23-9-5-8-22(24)18(23)2)29-21-7-4-6-19(12-21)14-26(3)15-20-10-11-30-16-20/h4-12,16-17,25H,13-15H2,1-3H3/t17-/m1/s1. The molecule has 0 saturated carbocycles. The Labute approximate surface area is 193 Å². The fraction of sp³-hybridized carbons (Fsp3) is 0.304. The summed E-state index contributed by atoms with van der Waals surface area (Å²) in [7, 11) is -1.59. The van der Waals surface area contributed by atoms with Gasteiger partial charge >= 0.3 is 0 Å². The van der Waals surface area contributed by atoms with Crippen molar-refractivity contribution in [3.05, 3.63) is 81.0 Å². The van der Waals surface area contributed by atoms with E-state index >= 15 is 0 Å². The number of hydrogen-bond donors (Lipinski definition) is 1. The molecule has 0 amide bonds. The molecule has 0 radical (unpaired) electrons. The number of halogens is 1. The SMILES string of the molecule is Cc1c(Cl)cccc1S(=O)(=O)NC[C@@H](C)Oc1cccc(CN(C)Cc2ccsc2)c1. The Morgan fingerprint density at radius 3 is 2.61 bits per heavy atom. The Kier molecular flexibility index (Phi) is 8.13. The molecule has 3 aromatic rings. The van der Waals surface area contributed by atoms with Crippen LogP contribution in [0.25, 0.3) is 0 Å². The van der Waals surface area contributed by atoms with Gasteiger partial charge in [0.1, 0.15) is 11.9 Å². The second-order valence-corrected chi connectivity index (χ2v) is 10.5. The lowest BCUT2D eigenvalue weighted by Gasteiger charge is -2.19. The molecule has 0 saturated heterocycles. The molecule has 1 aromatic heterocycles. The molecular weight excluding hydrogens is 452 g/mol. The average Bonchev–Trinajstić information content (AvgIpc) is 3.21. The van der Waals surface area contributed by atoms with Crippen LogP contribution in [0.15, 0.2) is 64.2 Å². The molecular formula is C23H27ClN2O3S2. The molecule has 0 bridgehead atoms. The zero-order valence-corrected chi connectivity index (χ0v) is 20.2. The summed E-state index contributed by atoms with van der Waals surface area (Å²) in [5.74, 6) is 0.715. The van der Waals surface area contributed by atoms with Gasteiger partial charge in [0.25, 0.3) is 0 Å². The first-order chi connectivity index (χ1) is 14.7. The number of thiophene rings is 1. The normalized spacial score (nSPS) is 12.8. The van der Waals surface area contributed by atoms with E-state index in [4.69, 9.17) is 16.3 Å². The summed E-state index contributed by atoms with van der Waals surface area (Å²) in [5.41, 5.74) is 2.97. The smallest absolute Gasteiger partial charge is 0.241 e. The van der Waals surface area contributed by atoms with E-state index in [1.165, 1.54) is 5.56 Å². The van der Waals surface area contributed by atoms with Crippen LogP contribution in [0.4, 0.5) is 0 Å². The van der Waals surface area contributed by atoms with Gasteiger partial charge in [0.15, 0.2) is 0 Å². The van der Waals surface area contributed by atoms with Gasteiger partial charge in [-0.1, -0.05) is 29.8 Å². The van der Waals surface area contributed by atoms with Crippen LogP contribution in [0.5, 0.6) is 5.75 Å². The van der Waals surface area contributed by atoms with Crippen LogP contribution in [-0.2, 0) is 23.1 Å². The van der Waals surface area contributed by atoms with Crippen LogP contribution in [0.2, 0.25) is 5.02 Å². The van der Waals surface area contributed by atoms with Gasteiger partial charge in [0, 0.05) is 24.7 Å². The maximum atomic E-state index is 12.6. The zero-order chi connectivity index (χ0) is 22.4. The summed E-state index contributed by atoms with van der Waals surface area (Å²) in [6.07, 6.45) is -0.340. The molecule has 5 nitrogen and oxygen atoms in total. The minimum absolute atomic E-state index is 0.149. The number of hydrogen-bond acceptors (Lipinski definition) is 5. The highest BCUT2D eigenvalue weighted by molar-refractivity contribution is 7.89. The first kappa shape index (κ1) is 23.8. The number of nitrogens with zero attached hydrogens (tertiary/aromatic N) is 1. The molecule has 0 aliphatic carbocycles. The van der Waals surface area contributed by atoms with Crippen molar-refractivity contribution in [2.24, 2.45) is 0 Å². The van der Waals surface area contributed by atoms with Crippen LogP contribution in [0.1, 0.15) is 23.6 Å². The second kappa shape index (κ2) is 10.6. The summed E-state index contributed by atoms with van der Waals surface area (Å²) in [5, 5.41) is 4.66. The van der Waals surface area contributed by atoms with E-state index in [-0.39, 0.29) is 17.5 Å². The summed E-state index contributed by atoms with van der Waals surface area (Å²) >= 11 is 7.76. The molecule has 1 heterocycles. The van der Waals surface area contributed by atoms with Crippen molar-refractivity contribution >= 4 is 33.0 Å². The number of sulfonamides is 1. The Morgan fingerprint density at radius 2 is 1.87 bits per heavy atom. The molecule has 1 atom stereocenters. The second-order valence-electron chi connectivity index (χ2n) is 7.59. The number of ether oxygens (including phenoxy) is 1. The molecule has 0 spiro atoms. The Morgan fingerprint density at radius 1 is 1.13 bits per heavy atom. The number of rotatable bonds is 10. The monoisotopic (exact) mass is 478 g/mol. The zero-order valence-electron chi connectivity index (χ0n) is 17.8. The first-order valence-electron chi connectivity index (χ1n) is 9.94. The predicted molar refractivity (Wildman–Crippen MR) is 127 cm³/mol. The number of benzene rings is 2. The molecule has 0 unspecified atom stereocenters. The van der Waals surface area contributed by atoms with Crippen LogP contribution < -0.4 is 9.46 Å². The minimum atomic E-state index is -3.67. The molecule has 3 rings (SSSR count). The van der Waals surface area contributed by atoms with Gasteiger partial charge in [0.2, 0.25) is 10.0 Å². The third-order valence-electron chi connectivity index (χ3n) is 4.79. The fourth-order valence-electron chi connectivity index (χ4n) is 3.24. The van der Waals surface area contributed by atoms with Gasteiger partial charge in [-0.2, -0.15) is 11.3 Å². The predicted octanol–water partition coefficient (Wildman–Crippen LogP) is 5.09. The van der Waals surface area contributed by atoms with Crippen LogP contribution in [0, 0.1) is 6.92 Å². The molecule has 8 heteroatoms. The van der Waals surface area contributed by atoms with Gasteiger partial charge in [-0.3, -0.25) is 4.90 Å². The van der Waals surface area contributed by atoms with Crippen molar-refractivity contribution in [2.75, 3.05) is 13.6 Å². The Balaban J connectivity index is 1.56. The van der Waals surface area contributed by atoms with E-state index in [0.717, 1.165) is 18.7 Å². The highest BCUT2D eigenvalue weighted by Gasteiger charge is 2.19. The van der Waals surface area contributed by atoms with Crippen LogP contribution >= 0.6 is 22.9 Å². The highest BCUT2D eigenvalue weighted by atomic mass is 35.5. The summed E-state index contributed by atoms with van der Waals surface area (Å²) in [6.45, 7) is 5.36. The third kappa shape index (κ3) is 6.79. The molecule has 31 heavy (non-hydrogen) atoms. The minimum Gasteiger partial charge on any atom is -0.489 e. The fourth-order valence-corrected chi connectivity index (χ4v) is 5.51. The van der Waals surface area contributed by atoms with Gasteiger partial charge in [-0.05, 0) is 78.7 Å². The topological polar surface area (TPSA) is 58.6 Å². The van der Waals surface area contributed by atoms with Crippen molar-refractivity contribution < 1.29 is 13.2 Å². The largest absolute Gasteiger partial charge is 0.489 e. The lowest BCUT2D eigenvalue weighted by molar-refractivity contribution is 0.224. The van der Waals surface area contributed by atoms with Gasteiger partial charge in [-0.15, -0.1) is 0 Å². The van der Waals surface area contributed by atoms with E-state index in [0.29, 0.717) is 16.3 Å². The van der Waals surface area contributed by atoms with Crippen molar-refractivity contribution in [1.29, 1.82) is 0 Å². The first-order valence-corrected chi connectivity index (χ1v) is 12.7. The van der Waals surface area contributed by atoms with Crippen molar-refractivity contribution in [3.8, 4) is 5.75 Å².